The number of nitro groups is 1. The van der Waals surface area contributed by atoms with Gasteiger partial charge in [-0.25, -0.2) is 4.79 Å². The second-order valence-corrected chi connectivity index (χ2v) is 4.55. The highest BCUT2D eigenvalue weighted by Gasteiger charge is 2.22. The Morgan fingerprint density at radius 2 is 2.09 bits per heavy atom. The van der Waals surface area contributed by atoms with E-state index in [4.69, 9.17) is 5.11 Å². The zero-order valence-electron chi connectivity index (χ0n) is 11.7. The quantitative estimate of drug-likeness (QED) is 0.652. The molecule has 0 saturated carbocycles. The zero-order valence-corrected chi connectivity index (χ0v) is 11.7. The number of carboxylic acids is 1. The van der Waals surface area contributed by atoms with Crippen LogP contribution in [0.4, 0.5) is 11.4 Å². The first kappa shape index (κ1) is 15.2. The summed E-state index contributed by atoms with van der Waals surface area (Å²) in [6.07, 6.45) is 1.06. The van der Waals surface area contributed by atoms with E-state index in [1.54, 1.807) is 6.92 Å². The standard InChI is InChI=1S/C13H12N4O5/c1-7-3-4-8(5-10(7)17(21)22)15-12(18)11-9(13(19)20)6-14-16(11)2/h3-6H,1-2H3,(H,15,18)(H,19,20). The average Bonchev–Trinajstić information content (AvgIpc) is 2.82. The third-order valence-corrected chi connectivity index (χ3v) is 3.05. The maximum absolute atomic E-state index is 12.2. The molecule has 1 heterocycles. The molecule has 0 bridgehead atoms. The summed E-state index contributed by atoms with van der Waals surface area (Å²) in [5, 5.41) is 26.1. The van der Waals surface area contributed by atoms with E-state index in [0.29, 0.717) is 5.56 Å². The van der Waals surface area contributed by atoms with E-state index in [1.807, 2.05) is 0 Å². The Labute approximate surface area is 124 Å². The van der Waals surface area contributed by atoms with E-state index in [0.717, 1.165) is 10.9 Å². The second kappa shape index (κ2) is 5.64. The number of amides is 1. The summed E-state index contributed by atoms with van der Waals surface area (Å²) in [5.74, 6) is -2.00. The van der Waals surface area contributed by atoms with Crippen molar-refractivity contribution in [3.05, 3.63) is 51.3 Å². The highest BCUT2D eigenvalue weighted by atomic mass is 16.6. The van der Waals surface area contributed by atoms with Gasteiger partial charge in [0.05, 0.1) is 11.1 Å². The van der Waals surface area contributed by atoms with Gasteiger partial charge in [-0.05, 0) is 13.0 Å². The molecule has 0 unspecified atom stereocenters. The number of aryl methyl sites for hydroxylation is 2. The van der Waals surface area contributed by atoms with Gasteiger partial charge in [-0.3, -0.25) is 19.6 Å². The summed E-state index contributed by atoms with van der Waals surface area (Å²) in [6.45, 7) is 1.58. The van der Waals surface area contributed by atoms with Gasteiger partial charge >= 0.3 is 5.97 Å². The Morgan fingerprint density at radius 3 is 2.68 bits per heavy atom. The van der Waals surface area contributed by atoms with Crippen LogP contribution in [0.5, 0.6) is 0 Å². The zero-order chi connectivity index (χ0) is 16.4. The lowest BCUT2D eigenvalue weighted by Crippen LogP contribution is -2.19. The van der Waals surface area contributed by atoms with E-state index in [1.165, 1.54) is 25.2 Å². The van der Waals surface area contributed by atoms with E-state index in [9.17, 15) is 19.7 Å². The Kier molecular flexibility index (Phi) is 3.89. The van der Waals surface area contributed by atoms with Crippen LogP contribution in [-0.4, -0.2) is 31.7 Å². The fourth-order valence-electron chi connectivity index (χ4n) is 1.94. The number of carboxylic acid groups (broad SMARTS) is 1. The van der Waals surface area contributed by atoms with Crippen molar-refractivity contribution in [3.8, 4) is 0 Å². The monoisotopic (exact) mass is 304 g/mol. The van der Waals surface area contributed by atoms with Crippen molar-refractivity contribution in [2.75, 3.05) is 5.32 Å². The third kappa shape index (κ3) is 2.77. The highest BCUT2D eigenvalue weighted by Crippen LogP contribution is 2.23. The van der Waals surface area contributed by atoms with Crippen molar-refractivity contribution >= 4 is 23.3 Å². The molecule has 9 heteroatoms. The van der Waals surface area contributed by atoms with Gasteiger partial charge in [0.1, 0.15) is 11.3 Å². The summed E-state index contributed by atoms with van der Waals surface area (Å²) in [6, 6.07) is 4.20. The van der Waals surface area contributed by atoms with Crippen LogP contribution in [0.2, 0.25) is 0 Å². The van der Waals surface area contributed by atoms with Crippen LogP contribution in [0.15, 0.2) is 24.4 Å². The van der Waals surface area contributed by atoms with Crippen molar-refractivity contribution in [3.63, 3.8) is 0 Å². The second-order valence-electron chi connectivity index (χ2n) is 4.55. The van der Waals surface area contributed by atoms with Crippen LogP contribution in [-0.2, 0) is 7.05 Å². The van der Waals surface area contributed by atoms with Crippen molar-refractivity contribution in [1.29, 1.82) is 0 Å². The lowest BCUT2D eigenvalue weighted by atomic mass is 10.1. The molecule has 0 fully saturated rings. The SMILES string of the molecule is Cc1ccc(NC(=O)c2c(C(=O)O)cnn2C)cc1[N+](=O)[O-]. The molecule has 1 aromatic heterocycles. The van der Waals surface area contributed by atoms with Crippen LogP contribution in [0.3, 0.4) is 0 Å². The number of aromatic nitrogens is 2. The molecule has 0 radical (unpaired) electrons. The number of nitro benzene ring substituents is 1. The van der Waals surface area contributed by atoms with Gasteiger partial charge in [-0.1, -0.05) is 6.07 Å². The molecule has 0 atom stereocenters. The summed E-state index contributed by atoms with van der Waals surface area (Å²) < 4.78 is 1.13. The van der Waals surface area contributed by atoms with Crippen molar-refractivity contribution < 1.29 is 19.6 Å². The molecule has 0 saturated heterocycles. The van der Waals surface area contributed by atoms with E-state index in [-0.39, 0.29) is 22.6 Å². The summed E-state index contributed by atoms with van der Waals surface area (Å²) in [7, 11) is 1.43. The fraction of sp³-hybridized carbons (Fsp3) is 0.154. The molecule has 1 amide bonds. The third-order valence-electron chi connectivity index (χ3n) is 3.05. The van der Waals surface area contributed by atoms with Crippen LogP contribution in [0, 0.1) is 17.0 Å². The van der Waals surface area contributed by atoms with Gasteiger partial charge < -0.3 is 10.4 Å². The Balaban J connectivity index is 2.34. The molecule has 9 nitrogen and oxygen atoms in total. The maximum Gasteiger partial charge on any atom is 0.339 e. The first-order valence-corrected chi connectivity index (χ1v) is 6.13. The molecule has 0 aliphatic rings. The van der Waals surface area contributed by atoms with E-state index in [2.05, 4.69) is 10.4 Å². The molecular weight excluding hydrogens is 292 g/mol. The van der Waals surface area contributed by atoms with Gasteiger partial charge in [0.15, 0.2) is 0 Å². The molecular formula is C13H12N4O5. The minimum Gasteiger partial charge on any atom is -0.478 e. The minimum absolute atomic E-state index is 0.138. The largest absolute Gasteiger partial charge is 0.478 e. The smallest absolute Gasteiger partial charge is 0.339 e. The molecule has 1 aromatic carbocycles. The molecule has 2 rings (SSSR count). The Morgan fingerprint density at radius 1 is 1.41 bits per heavy atom. The van der Waals surface area contributed by atoms with Crippen LogP contribution in [0.25, 0.3) is 0 Å². The number of carbonyl (C=O) groups is 2. The lowest BCUT2D eigenvalue weighted by Gasteiger charge is -2.07. The molecule has 0 aliphatic heterocycles. The van der Waals surface area contributed by atoms with Gasteiger partial charge in [0.2, 0.25) is 0 Å². The Hall–Kier alpha value is -3.23. The number of nitrogens with one attached hydrogen (secondary N) is 1. The number of hydrogen-bond donors (Lipinski definition) is 2. The van der Waals surface area contributed by atoms with Crippen LogP contribution < -0.4 is 5.32 Å². The number of rotatable bonds is 4. The predicted octanol–water partition coefficient (Wildman–Crippen LogP) is 1.59. The van der Waals surface area contributed by atoms with Gasteiger partial charge in [0, 0.05) is 24.4 Å². The van der Waals surface area contributed by atoms with Crippen molar-refractivity contribution in [1.82, 2.24) is 9.78 Å². The molecule has 2 aromatic rings. The van der Waals surface area contributed by atoms with Crippen LogP contribution in [0.1, 0.15) is 26.4 Å². The first-order chi connectivity index (χ1) is 10.3. The van der Waals surface area contributed by atoms with E-state index < -0.39 is 16.8 Å². The van der Waals surface area contributed by atoms with Crippen LogP contribution >= 0.6 is 0 Å². The average molecular weight is 304 g/mol. The van der Waals surface area contributed by atoms with Gasteiger partial charge in [-0.2, -0.15) is 5.10 Å². The Bertz CT molecular complexity index is 781. The minimum atomic E-state index is -1.28. The van der Waals surface area contributed by atoms with Crippen molar-refractivity contribution in [2.24, 2.45) is 7.05 Å². The fourth-order valence-corrected chi connectivity index (χ4v) is 1.94. The van der Waals surface area contributed by atoms with Gasteiger partial charge in [-0.15, -0.1) is 0 Å². The predicted molar refractivity (Wildman–Crippen MR) is 76.0 cm³/mol. The molecule has 0 aliphatic carbocycles. The summed E-state index contributed by atoms with van der Waals surface area (Å²) in [4.78, 5) is 33.6. The van der Waals surface area contributed by atoms with Gasteiger partial charge in [0.25, 0.3) is 11.6 Å². The number of carbonyl (C=O) groups excluding carboxylic acids is 1. The van der Waals surface area contributed by atoms with E-state index >= 15 is 0 Å². The lowest BCUT2D eigenvalue weighted by molar-refractivity contribution is -0.385. The number of anilines is 1. The number of benzene rings is 1. The molecule has 2 N–H and O–H groups in total. The normalized spacial score (nSPS) is 10.3. The molecule has 114 valence electrons. The first-order valence-electron chi connectivity index (χ1n) is 6.13. The number of nitrogens with zero attached hydrogens (tertiary/aromatic N) is 3. The number of hydrogen-bond acceptors (Lipinski definition) is 5. The molecule has 0 spiro atoms. The van der Waals surface area contributed by atoms with Crippen molar-refractivity contribution in [2.45, 2.75) is 6.92 Å². The topological polar surface area (TPSA) is 127 Å². The summed E-state index contributed by atoms with van der Waals surface area (Å²) in [5.41, 5.74) is 0.119. The highest BCUT2D eigenvalue weighted by molar-refractivity contribution is 6.09. The number of aromatic carboxylic acids is 1. The summed E-state index contributed by atoms with van der Waals surface area (Å²) >= 11 is 0. The molecule has 22 heavy (non-hydrogen) atoms. The maximum atomic E-state index is 12.2.